The topological polar surface area (TPSA) is 62.5 Å². The fourth-order valence-corrected chi connectivity index (χ4v) is 2.08. The first-order valence-corrected chi connectivity index (χ1v) is 6.63. The number of amides is 1. The Labute approximate surface area is 117 Å². The predicted octanol–water partition coefficient (Wildman–Crippen LogP) is 2.49. The number of halogens is 1. The summed E-state index contributed by atoms with van der Waals surface area (Å²) < 4.78 is 1.77. The van der Waals surface area contributed by atoms with Gasteiger partial charge in [0.25, 0.3) is 5.91 Å². The van der Waals surface area contributed by atoms with Crippen LogP contribution in [0, 0.1) is 0 Å². The van der Waals surface area contributed by atoms with Crippen LogP contribution >= 0.6 is 11.6 Å². The molecule has 0 saturated heterocycles. The molecule has 0 aliphatic carbocycles. The molecule has 0 spiro atoms. The summed E-state index contributed by atoms with van der Waals surface area (Å²) in [4.78, 5) is 24.6. The second-order valence-electron chi connectivity index (χ2n) is 4.66. The Hall–Kier alpha value is -1.49. The lowest BCUT2D eigenvalue weighted by Crippen LogP contribution is -2.41. The van der Waals surface area contributed by atoms with Crippen LogP contribution in [-0.4, -0.2) is 39.0 Å². The fourth-order valence-electron chi connectivity index (χ4n) is 1.86. The van der Waals surface area contributed by atoms with Crippen LogP contribution in [0.1, 0.15) is 37.7 Å². The molecule has 5 nitrogen and oxygen atoms in total. The zero-order valence-corrected chi connectivity index (χ0v) is 12.1. The lowest BCUT2D eigenvalue weighted by Gasteiger charge is -2.25. The first kappa shape index (κ1) is 15.6. The molecule has 1 amide bonds. The summed E-state index contributed by atoms with van der Waals surface area (Å²) in [6.07, 6.45) is 2.56. The number of carbonyl (C=O) groups excluding carboxylic acids is 1. The summed E-state index contributed by atoms with van der Waals surface area (Å²) in [6.45, 7) is 5.93. The van der Waals surface area contributed by atoms with E-state index >= 15 is 0 Å². The van der Waals surface area contributed by atoms with E-state index in [1.807, 2.05) is 6.92 Å². The summed E-state index contributed by atoms with van der Waals surface area (Å²) in [5.74, 6) is -1.33. The number of carboxylic acids is 1. The fraction of sp³-hybridized carbons (Fsp3) is 0.538. The molecule has 0 aliphatic rings. The number of aromatic nitrogens is 1. The minimum Gasteiger partial charge on any atom is -0.480 e. The quantitative estimate of drug-likeness (QED) is 0.874. The number of carboxylic acid groups (broad SMARTS) is 1. The zero-order chi connectivity index (χ0) is 14.6. The normalized spacial score (nSPS) is 10.8. The van der Waals surface area contributed by atoms with Gasteiger partial charge in [0.15, 0.2) is 0 Å². The monoisotopic (exact) mass is 286 g/mol. The zero-order valence-electron chi connectivity index (χ0n) is 11.4. The van der Waals surface area contributed by atoms with Crippen LogP contribution < -0.4 is 0 Å². The average Bonchev–Trinajstić information content (AvgIpc) is 2.66. The van der Waals surface area contributed by atoms with Crippen molar-refractivity contribution in [1.29, 1.82) is 0 Å². The van der Waals surface area contributed by atoms with Gasteiger partial charge in [0.2, 0.25) is 0 Å². The Morgan fingerprint density at radius 2 is 2.11 bits per heavy atom. The molecule has 1 aromatic heterocycles. The highest BCUT2D eigenvalue weighted by Crippen LogP contribution is 2.17. The number of hydrogen-bond acceptors (Lipinski definition) is 2. The van der Waals surface area contributed by atoms with E-state index in [1.165, 1.54) is 4.90 Å². The minimum atomic E-state index is -1.03. The SMILES string of the molecule is CCCn1cc(Cl)cc1C(=O)N(CC(=O)O)C(C)C. The Kier molecular flexibility index (Phi) is 5.42. The average molecular weight is 287 g/mol. The van der Waals surface area contributed by atoms with Crippen molar-refractivity contribution in [2.45, 2.75) is 39.8 Å². The van der Waals surface area contributed by atoms with Crippen molar-refractivity contribution < 1.29 is 14.7 Å². The van der Waals surface area contributed by atoms with Gasteiger partial charge in [0, 0.05) is 18.8 Å². The number of aliphatic carboxylic acids is 1. The smallest absolute Gasteiger partial charge is 0.323 e. The maximum Gasteiger partial charge on any atom is 0.323 e. The largest absolute Gasteiger partial charge is 0.480 e. The van der Waals surface area contributed by atoms with Gasteiger partial charge in [0.1, 0.15) is 12.2 Å². The molecule has 0 saturated carbocycles. The molecule has 1 rings (SSSR count). The number of carbonyl (C=O) groups is 2. The highest BCUT2D eigenvalue weighted by atomic mass is 35.5. The van der Waals surface area contributed by atoms with Gasteiger partial charge < -0.3 is 14.6 Å². The van der Waals surface area contributed by atoms with Crippen LogP contribution in [0.15, 0.2) is 12.3 Å². The minimum absolute atomic E-state index is 0.188. The standard InChI is InChI=1S/C13H19ClN2O3/c1-4-5-15-7-10(14)6-11(15)13(19)16(9(2)3)8-12(17)18/h6-7,9H,4-5,8H2,1-3H3,(H,17,18). The first-order chi connectivity index (χ1) is 8.86. The molecule has 106 valence electrons. The predicted molar refractivity (Wildman–Crippen MR) is 73.5 cm³/mol. The van der Waals surface area contributed by atoms with E-state index in [4.69, 9.17) is 16.7 Å². The summed E-state index contributed by atoms with van der Waals surface area (Å²) >= 11 is 5.93. The molecular formula is C13H19ClN2O3. The molecular weight excluding hydrogens is 268 g/mol. The molecule has 0 aromatic carbocycles. The van der Waals surface area contributed by atoms with Crippen molar-refractivity contribution >= 4 is 23.5 Å². The van der Waals surface area contributed by atoms with Gasteiger partial charge in [-0.1, -0.05) is 18.5 Å². The van der Waals surface area contributed by atoms with Crippen LogP contribution in [0.2, 0.25) is 5.02 Å². The summed E-state index contributed by atoms with van der Waals surface area (Å²) in [5, 5.41) is 9.36. The van der Waals surface area contributed by atoms with E-state index in [0.29, 0.717) is 17.3 Å². The van der Waals surface area contributed by atoms with Crippen LogP contribution in [-0.2, 0) is 11.3 Å². The lowest BCUT2D eigenvalue weighted by atomic mass is 10.2. The van der Waals surface area contributed by atoms with E-state index in [2.05, 4.69) is 0 Å². The maximum atomic E-state index is 12.4. The molecule has 0 bridgehead atoms. The van der Waals surface area contributed by atoms with E-state index in [0.717, 1.165) is 6.42 Å². The van der Waals surface area contributed by atoms with Gasteiger partial charge in [-0.2, -0.15) is 0 Å². The van der Waals surface area contributed by atoms with Crippen LogP contribution in [0.3, 0.4) is 0 Å². The van der Waals surface area contributed by atoms with Gasteiger partial charge in [-0.15, -0.1) is 0 Å². The van der Waals surface area contributed by atoms with Crippen molar-refractivity contribution in [3.8, 4) is 0 Å². The highest BCUT2D eigenvalue weighted by molar-refractivity contribution is 6.31. The number of nitrogens with zero attached hydrogens (tertiary/aromatic N) is 2. The highest BCUT2D eigenvalue weighted by Gasteiger charge is 2.24. The molecule has 6 heteroatoms. The van der Waals surface area contributed by atoms with E-state index < -0.39 is 5.97 Å². The van der Waals surface area contributed by atoms with Gasteiger partial charge in [-0.05, 0) is 26.3 Å². The number of hydrogen-bond donors (Lipinski definition) is 1. The third kappa shape index (κ3) is 3.99. The summed E-state index contributed by atoms with van der Waals surface area (Å²) in [6, 6.07) is 1.39. The molecule has 0 fully saturated rings. The Bertz CT molecular complexity index is 468. The Morgan fingerprint density at radius 3 is 2.58 bits per heavy atom. The molecule has 0 aliphatic heterocycles. The van der Waals surface area contributed by atoms with E-state index in [9.17, 15) is 9.59 Å². The molecule has 0 radical (unpaired) electrons. The van der Waals surface area contributed by atoms with Gasteiger partial charge in [0.05, 0.1) is 5.02 Å². The summed E-state index contributed by atoms with van der Waals surface area (Å²) in [5.41, 5.74) is 0.432. The van der Waals surface area contributed by atoms with Crippen molar-refractivity contribution in [3.05, 3.63) is 23.0 Å². The Morgan fingerprint density at radius 1 is 1.47 bits per heavy atom. The summed E-state index contributed by atoms with van der Waals surface area (Å²) in [7, 11) is 0. The van der Waals surface area contributed by atoms with Crippen molar-refractivity contribution in [2.24, 2.45) is 0 Å². The third-order valence-electron chi connectivity index (χ3n) is 2.74. The number of aryl methyl sites for hydroxylation is 1. The molecule has 1 aromatic rings. The van der Waals surface area contributed by atoms with Crippen LogP contribution in [0.5, 0.6) is 0 Å². The first-order valence-electron chi connectivity index (χ1n) is 6.25. The van der Waals surface area contributed by atoms with Gasteiger partial charge in [-0.3, -0.25) is 9.59 Å². The molecule has 0 unspecified atom stereocenters. The molecule has 19 heavy (non-hydrogen) atoms. The molecule has 0 atom stereocenters. The second kappa shape index (κ2) is 6.61. The molecule has 1 N–H and O–H groups in total. The Balaban J connectivity index is 3.05. The second-order valence-corrected chi connectivity index (χ2v) is 5.09. The molecule has 1 heterocycles. The van der Waals surface area contributed by atoms with E-state index in [1.54, 1.807) is 30.7 Å². The lowest BCUT2D eigenvalue weighted by molar-refractivity contribution is -0.138. The van der Waals surface area contributed by atoms with Crippen molar-refractivity contribution in [2.75, 3.05) is 6.54 Å². The van der Waals surface area contributed by atoms with Crippen LogP contribution in [0.25, 0.3) is 0 Å². The van der Waals surface area contributed by atoms with Crippen LogP contribution in [0.4, 0.5) is 0 Å². The van der Waals surface area contributed by atoms with Crippen molar-refractivity contribution in [3.63, 3.8) is 0 Å². The maximum absolute atomic E-state index is 12.4. The van der Waals surface area contributed by atoms with Crippen molar-refractivity contribution in [1.82, 2.24) is 9.47 Å². The third-order valence-corrected chi connectivity index (χ3v) is 2.94. The number of rotatable bonds is 6. The van der Waals surface area contributed by atoms with Gasteiger partial charge in [-0.25, -0.2) is 0 Å². The van der Waals surface area contributed by atoms with Gasteiger partial charge >= 0.3 is 5.97 Å². The van der Waals surface area contributed by atoms with E-state index in [-0.39, 0.29) is 18.5 Å².